The third-order valence-electron chi connectivity index (χ3n) is 2.55. The van der Waals surface area contributed by atoms with Crippen LogP contribution in [0.25, 0.3) is 0 Å². The van der Waals surface area contributed by atoms with Crippen molar-refractivity contribution in [3.63, 3.8) is 0 Å². The third kappa shape index (κ3) is 3.55. The van der Waals surface area contributed by atoms with Gasteiger partial charge in [0.2, 0.25) is 0 Å². The highest BCUT2D eigenvalue weighted by molar-refractivity contribution is 7.92. The van der Waals surface area contributed by atoms with Crippen molar-refractivity contribution >= 4 is 32.9 Å². The summed E-state index contributed by atoms with van der Waals surface area (Å²) in [5.74, 6) is 0.539. The van der Waals surface area contributed by atoms with Crippen molar-refractivity contribution in [1.82, 2.24) is 9.97 Å². The fourth-order valence-corrected chi connectivity index (χ4v) is 2.83. The van der Waals surface area contributed by atoms with Crippen molar-refractivity contribution in [3.05, 3.63) is 41.9 Å². The Morgan fingerprint density at radius 2 is 2.05 bits per heavy atom. The number of sulfonamides is 1. The van der Waals surface area contributed by atoms with Crippen molar-refractivity contribution in [2.24, 2.45) is 5.73 Å². The van der Waals surface area contributed by atoms with E-state index < -0.39 is 10.0 Å². The van der Waals surface area contributed by atoms with Gasteiger partial charge in [-0.1, -0.05) is 24.4 Å². The monoisotopic (exact) mass is 310 g/mol. The molecule has 2 aromatic rings. The van der Waals surface area contributed by atoms with Gasteiger partial charge in [0.25, 0.3) is 10.0 Å². The van der Waals surface area contributed by atoms with Crippen molar-refractivity contribution < 1.29 is 8.42 Å². The van der Waals surface area contributed by atoms with Crippen LogP contribution in [0.15, 0.2) is 35.5 Å². The molecule has 2 rings (SSSR count). The van der Waals surface area contributed by atoms with Crippen LogP contribution in [0.5, 0.6) is 0 Å². The molecule has 0 amide bonds. The van der Waals surface area contributed by atoms with Crippen molar-refractivity contribution in [2.45, 2.75) is 18.4 Å². The third-order valence-corrected chi connectivity index (χ3v) is 3.99. The molecule has 0 fully saturated rings. The van der Waals surface area contributed by atoms with Crippen LogP contribution in [0, 0.1) is 6.92 Å². The van der Waals surface area contributed by atoms with Gasteiger partial charge >= 0.3 is 0 Å². The molecule has 0 aliphatic heterocycles. The van der Waals surface area contributed by atoms with E-state index >= 15 is 0 Å². The lowest BCUT2D eigenvalue weighted by Crippen LogP contribution is -2.14. The molecule has 4 N–H and O–H groups in total. The van der Waals surface area contributed by atoms with Crippen LogP contribution in [0.3, 0.4) is 0 Å². The molecule has 0 saturated carbocycles. The predicted molar refractivity (Wildman–Crippen MR) is 81.1 cm³/mol. The fourth-order valence-electron chi connectivity index (χ4n) is 1.64. The molecule has 106 valence electrons. The Morgan fingerprint density at radius 3 is 2.55 bits per heavy atom. The molecule has 1 heterocycles. The molecule has 0 aliphatic carbocycles. The zero-order valence-corrected chi connectivity index (χ0v) is 12.4. The molecule has 0 aliphatic rings. The smallest absolute Gasteiger partial charge is 0.278 e. The Kier molecular flexibility index (Phi) is 4.05. The first-order chi connectivity index (χ1) is 9.37. The van der Waals surface area contributed by atoms with E-state index in [0.29, 0.717) is 22.9 Å². The molecule has 1 aromatic carbocycles. The summed E-state index contributed by atoms with van der Waals surface area (Å²) in [6.07, 6.45) is 1.76. The summed E-state index contributed by atoms with van der Waals surface area (Å²) in [7, 11) is -3.65. The van der Waals surface area contributed by atoms with Gasteiger partial charge in [-0.2, -0.15) is 8.42 Å². The van der Waals surface area contributed by atoms with Crippen LogP contribution in [-0.2, 0) is 16.4 Å². The minimum absolute atomic E-state index is 0.0298. The normalized spacial score (nSPS) is 11.2. The summed E-state index contributed by atoms with van der Waals surface area (Å²) < 4.78 is 26.6. The van der Waals surface area contributed by atoms with Gasteiger partial charge in [0.1, 0.15) is 5.82 Å². The average Bonchev–Trinajstić information content (AvgIpc) is 2.78. The topological polar surface area (TPSA) is 101 Å². The Labute approximate surface area is 122 Å². The Bertz CT molecular complexity index is 720. The summed E-state index contributed by atoms with van der Waals surface area (Å²) in [5, 5.41) is 0.0298. The second kappa shape index (κ2) is 5.59. The molecule has 0 atom stereocenters. The molecular formula is C12H14N4O2S2. The number of rotatable bonds is 5. The lowest BCUT2D eigenvalue weighted by Gasteiger charge is -2.07. The number of nitrogens with two attached hydrogens (primary N) is 1. The quantitative estimate of drug-likeness (QED) is 0.724. The van der Waals surface area contributed by atoms with Gasteiger partial charge in [0, 0.05) is 12.1 Å². The first-order valence-corrected chi connectivity index (χ1v) is 7.67. The Balaban J connectivity index is 2.15. The molecule has 6 nitrogen and oxygen atoms in total. The van der Waals surface area contributed by atoms with E-state index in [1.54, 1.807) is 31.2 Å². The number of aromatic nitrogens is 2. The van der Waals surface area contributed by atoms with Crippen LogP contribution in [0.4, 0.5) is 5.69 Å². The largest absolute Gasteiger partial charge is 0.393 e. The highest BCUT2D eigenvalue weighted by Crippen LogP contribution is 2.15. The molecule has 8 heteroatoms. The molecule has 1 aromatic heterocycles. The number of aromatic amines is 1. The number of hydrogen-bond acceptors (Lipinski definition) is 4. The number of H-pyrrole nitrogens is 1. The molecule has 0 unspecified atom stereocenters. The van der Waals surface area contributed by atoms with Gasteiger partial charge < -0.3 is 10.7 Å². The first kappa shape index (κ1) is 14.5. The number of nitrogens with one attached hydrogen (secondary N) is 2. The molecule has 20 heavy (non-hydrogen) atoms. The predicted octanol–water partition coefficient (Wildman–Crippen LogP) is 1.35. The summed E-state index contributed by atoms with van der Waals surface area (Å²) in [4.78, 5) is 6.94. The van der Waals surface area contributed by atoms with Crippen molar-refractivity contribution in [2.75, 3.05) is 4.72 Å². The number of nitrogens with zero attached hydrogens (tertiary/aromatic N) is 1. The number of imidazole rings is 1. The minimum atomic E-state index is -3.65. The van der Waals surface area contributed by atoms with E-state index in [4.69, 9.17) is 18.0 Å². The van der Waals surface area contributed by atoms with E-state index in [1.807, 2.05) is 0 Å². The fraction of sp³-hybridized carbons (Fsp3) is 0.167. The number of aryl methyl sites for hydroxylation is 1. The second-order valence-corrected chi connectivity index (χ2v) is 6.45. The summed E-state index contributed by atoms with van der Waals surface area (Å²) >= 11 is 4.82. The van der Waals surface area contributed by atoms with Gasteiger partial charge in [-0.05, 0) is 24.6 Å². The molecule has 0 saturated heterocycles. The summed E-state index contributed by atoms with van der Waals surface area (Å²) in [6.45, 7) is 1.68. The summed E-state index contributed by atoms with van der Waals surface area (Å²) in [6, 6.07) is 6.87. The highest BCUT2D eigenvalue weighted by Gasteiger charge is 2.16. The summed E-state index contributed by atoms with van der Waals surface area (Å²) in [5.41, 5.74) is 6.84. The van der Waals surface area contributed by atoms with Gasteiger partial charge in [-0.25, -0.2) is 4.98 Å². The van der Waals surface area contributed by atoms with Gasteiger partial charge in [0.05, 0.1) is 11.2 Å². The highest BCUT2D eigenvalue weighted by atomic mass is 32.2. The maximum atomic E-state index is 12.1. The standard InChI is InChI=1S/C12H14N4O2S2/c1-8-14-7-12(15-8)20(17,18)16-10-4-2-9(3-5-10)6-11(13)19/h2-5,7,16H,6H2,1H3,(H2,13,19)(H,14,15). The minimum Gasteiger partial charge on any atom is -0.393 e. The average molecular weight is 310 g/mol. The van der Waals surface area contributed by atoms with Gasteiger partial charge in [-0.3, -0.25) is 4.72 Å². The molecule has 0 radical (unpaired) electrons. The van der Waals surface area contributed by atoms with Crippen LogP contribution in [-0.4, -0.2) is 23.4 Å². The SMILES string of the molecule is Cc1ncc(S(=O)(=O)Nc2ccc(CC(N)=S)cc2)[nH]1. The number of hydrogen-bond donors (Lipinski definition) is 3. The van der Waals surface area contributed by atoms with Gasteiger partial charge in [-0.15, -0.1) is 0 Å². The van der Waals surface area contributed by atoms with Crippen LogP contribution < -0.4 is 10.5 Å². The van der Waals surface area contributed by atoms with E-state index in [-0.39, 0.29) is 5.03 Å². The van der Waals surface area contributed by atoms with E-state index in [9.17, 15) is 8.42 Å². The maximum Gasteiger partial charge on any atom is 0.278 e. The van der Waals surface area contributed by atoms with E-state index in [2.05, 4.69) is 14.7 Å². The van der Waals surface area contributed by atoms with Gasteiger partial charge in [0.15, 0.2) is 5.03 Å². The Morgan fingerprint density at radius 1 is 1.40 bits per heavy atom. The van der Waals surface area contributed by atoms with Crippen molar-refractivity contribution in [3.8, 4) is 0 Å². The molecule has 0 bridgehead atoms. The number of benzene rings is 1. The first-order valence-electron chi connectivity index (χ1n) is 5.78. The van der Waals surface area contributed by atoms with E-state index in [1.165, 1.54) is 6.20 Å². The number of anilines is 1. The molecular weight excluding hydrogens is 296 g/mol. The Hall–Kier alpha value is -1.93. The van der Waals surface area contributed by atoms with E-state index in [0.717, 1.165) is 5.56 Å². The zero-order valence-electron chi connectivity index (χ0n) is 10.8. The van der Waals surface area contributed by atoms with Crippen LogP contribution in [0.2, 0.25) is 0 Å². The van der Waals surface area contributed by atoms with Crippen LogP contribution in [0.1, 0.15) is 11.4 Å². The lowest BCUT2D eigenvalue weighted by atomic mass is 10.1. The van der Waals surface area contributed by atoms with Crippen molar-refractivity contribution in [1.29, 1.82) is 0 Å². The maximum absolute atomic E-state index is 12.1. The van der Waals surface area contributed by atoms with Crippen LogP contribution >= 0.6 is 12.2 Å². The number of thiocarbonyl (C=S) groups is 1. The molecule has 0 spiro atoms. The second-order valence-electron chi connectivity index (χ2n) is 4.28. The zero-order chi connectivity index (χ0) is 14.8. The lowest BCUT2D eigenvalue weighted by molar-refractivity contribution is 0.598.